The molecule has 0 amide bonds. The van der Waals surface area contributed by atoms with Gasteiger partial charge in [0.05, 0.1) is 6.10 Å². The highest BCUT2D eigenvalue weighted by Gasteiger charge is 2.18. The highest BCUT2D eigenvalue weighted by molar-refractivity contribution is 5.55. The van der Waals surface area contributed by atoms with Crippen LogP contribution in [0.2, 0.25) is 0 Å². The van der Waals surface area contributed by atoms with E-state index in [2.05, 4.69) is 47.4 Å². The van der Waals surface area contributed by atoms with E-state index in [1.54, 1.807) is 0 Å². The van der Waals surface area contributed by atoms with E-state index in [4.69, 9.17) is 0 Å². The molecule has 1 atom stereocenters. The number of fused-ring (bicyclic) bond motifs is 1. The highest BCUT2D eigenvalue weighted by atomic mass is 16.3. The number of benzene rings is 2. The Bertz CT molecular complexity index is 581. The van der Waals surface area contributed by atoms with Crippen molar-refractivity contribution in [3.8, 4) is 0 Å². The summed E-state index contributed by atoms with van der Waals surface area (Å²) in [4.78, 5) is 2.42. The number of aliphatic hydroxyl groups excluding tert-OH is 1. The summed E-state index contributed by atoms with van der Waals surface area (Å²) < 4.78 is 0. The van der Waals surface area contributed by atoms with Crippen molar-refractivity contribution in [1.29, 1.82) is 0 Å². The topological polar surface area (TPSA) is 23.5 Å². The number of rotatable bonds is 3. The van der Waals surface area contributed by atoms with Gasteiger partial charge in [-0.05, 0) is 36.5 Å². The average Bonchev–Trinajstić information content (AvgIpc) is 2.77. The Balaban J connectivity index is 1.86. The van der Waals surface area contributed by atoms with Crippen LogP contribution in [0, 0.1) is 0 Å². The molecule has 0 radical (unpaired) electrons. The third-order valence-electron chi connectivity index (χ3n) is 4.44. The van der Waals surface area contributed by atoms with Crippen molar-refractivity contribution >= 4 is 5.69 Å². The molecule has 1 aliphatic heterocycles. The van der Waals surface area contributed by atoms with E-state index in [0.717, 1.165) is 37.9 Å². The van der Waals surface area contributed by atoms with E-state index in [-0.39, 0.29) is 6.10 Å². The molecule has 2 nitrogen and oxygen atoms in total. The third-order valence-corrected chi connectivity index (χ3v) is 4.44. The molecule has 0 unspecified atom stereocenters. The molecule has 0 aliphatic carbocycles. The van der Waals surface area contributed by atoms with Gasteiger partial charge in [0.25, 0.3) is 0 Å². The van der Waals surface area contributed by atoms with Gasteiger partial charge in [0, 0.05) is 24.3 Å². The number of aliphatic hydroxyl groups is 1. The Morgan fingerprint density at radius 1 is 0.952 bits per heavy atom. The lowest BCUT2D eigenvalue weighted by molar-refractivity contribution is 0.174. The molecular weight excluding hydrogens is 258 g/mol. The summed E-state index contributed by atoms with van der Waals surface area (Å²) in [7, 11) is 0. The van der Waals surface area contributed by atoms with E-state index in [1.807, 2.05) is 13.0 Å². The molecule has 0 fully saturated rings. The van der Waals surface area contributed by atoms with Gasteiger partial charge in [0.15, 0.2) is 0 Å². The van der Waals surface area contributed by atoms with Crippen LogP contribution in [-0.2, 0) is 12.8 Å². The molecule has 3 rings (SSSR count). The molecule has 1 aliphatic rings. The van der Waals surface area contributed by atoms with Crippen LogP contribution in [0.15, 0.2) is 48.5 Å². The fourth-order valence-corrected chi connectivity index (χ4v) is 3.19. The first-order valence-corrected chi connectivity index (χ1v) is 7.88. The quantitative estimate of drug-likeness (QED) is 0.926. The predicted molar refractivity (Wildman–Crippen MR) is 87.8 cm³/mol. The smallest absolute Gasteiger partial charge is 0.0807 e. The average molecular weight is 281 g/mol. The van der Waals surface area contributed by atoms with Gasteiger partial charge in [-0.3, -0.25) is 0 Å². The maximum absolute atomic E-state index is 10.3. The van der Waals surface area contributed by atoms with E-state index in [1.165, 1.54) is 16.8 Å². The first-order valence-electron chi connectivity index (χ1n) is 7.88. The van der Waals surface area contributed by atoms with E-state index >= 15 is 0 Å². The van der Waals surface area contributed by atoms with Crippen LogP contribution in [0.3, 0.4) is 0 Å². The van der Waals surface area contributed by atoms with Crippen LogP contribution in [0.1, 0.15) is 36.1 Å². The number of para-hydroxylation sites is 1. The van der Waals surface area contributed by atoms with Crippen molar-refractivity contribution in [3.63, 3.8) is 0 Å². The van der Waals surface area contributed by atoms with Gasteiger partial charge < -0.3 is 10.0 Å². The maximum atomic E-state index is 10.3. The zero-order valence-corrected chi connectivity index (χ0v) is 12.6. The summed E-state index contributed by atoms with van der Waals surface area (Å²) in [5.41, 5.74) is 5.19. The molecule has 1 heterocycles. The molecule has 0 spiro atoms. The second-order valence-electron chi connectivity index (χ2n) is 5.74. The number of hydrogen-bond acceptors (Lipinski definition) is 2. The normalized spacial score (nSPS) is 16.2. The van der Waals surface area contributed by atoms with Crippen molar-refractivity contribution < 1.29 is 5.11 Å². The van der Waals surface area contributed by atoms with E-state index < -0.39 is 0 Å². The fourth-order valence-electron chi connectivity index (χ4n) is 3.19. The van der Waals surface area contributed by atoms with Crippen molar-refractivity contribution in [2.45, 2.75) is 32.3 Å². The summed E-state index contributed by atoms with van der Waals surface area (Å²) >= 11 is 0. The van der Waals surface area contributed by atoms with Gasteiger partial charge in [0.1, 0.15) is 0 Å². The van der Waals surface area contributed by atoms with E-state index in [0.29, 0.717) is 0 Å². The third kappa shape index (κ3) is 2.96. The van der Waals surface area contributed by atoms with Gasteiger partial charge in [-0.25, -0.2) is 0 Å². The predicted octanol–water partition coefficient (Wildman–Crippen LogP) is 3.74. The fraction of sp³-hybridized carbons (Fsp3) is 0.368. The zero-order chi connectivity index (χ0) is 14.7. The lowest BCUT2D eigenvalue weighted by atomic mass is 10.0. The van der Waals surface area contributed by atoms with E-state index in [9.17, 15) is 5.11 Å². The Morgan fingerprint density at radius 2 is 1.52 bits per heavy atom. The second kappa shape index (κ2) is 6.31. The van der Waals surface area contributed by atoms with Crippen molar-refractivity contribution in [3.05, 3.63) is 65.2 Å². The Hall–Kier alpha value is -1.80. The van der Waals surface area contributed by atoms with Gasteiger partial charge in [-0.1, -0.05) is 49.4 Å². The molecule has 0 aromatic heterocycles. The lowest BCUT2D eigenvalue weighted by Crippen LogP contribution is -2.27. The standard InChI is InChI=1S/C19H23NO/c1-2-19(21)17-9-5-6-10-18(17)20-13-11-15-7-3-4-8-16(15)12-14-20/h3-10,19,21H,2,11-14H2,1H3/t19-/m0/s1. The van der Waals surface area contributed by atoms with Crippen LogP contribution in [0.5, 0.6) is 0 Å². The molecule has 21 heavy (non-hydrogen) atoms. The molecular formula is C19H23NO. The summed E-state index contributed by atoms with van der Waals surface area (Å²) in [5.74, 6) is 0. The van der Waals surface area contributed by atoms with Crippen molar-refractivity contribution in [2.75, 3.05) is 18.0 Å². The summed E-state index contributed by atoms with van der Waals surface area (Å²) in [6.45, 7) is 4.06. The number of hydrogen-bond donors (Lipinski definition) is 1. The second-order valence-corrected chi connectivity index (χ2v) is 5.74. The number of nitrogens with zero attached hydrogens (tertiary/aromatic N) is 1. The molecule has 0 saturated heterocycles. The SMILES string of the molecule is CC[C@H](O)c1ccccc1N1CCc2ccccc2CC1. The Labute approximate surface area is 127 Å². The first-order chi connectivity index (χ1) is 10.3. The molecule has 2 aromatic rings. The minimum Gasteiger partial charge on any atom is -0.388 e. The van der Waals surface area contributed by atoms with Crippen LogP contribution in [-0.4, -0.2) is 18.2 Å². The maximum Gasteiger partial charge on any atom is 0.0807 e. The minimum atomic E-state index is -0.369. The highest BCUT2D eigenvalue weighted by Crippen LogP contribution is 2.29. The Morgan fingerprint density at radius 3 is 2.14 bits per heavy atom. The summed E-state index contributed by atoms with van der Waals surface area (Å²) in [5, 5.41) is 10.3. The van der Waals surface area contributed by atoms with Crippen molar-refractivity contribution in [1.82, 2.24) is 0 Å². The molecule has 110 valence electrons. The van der Waals surface area contributed by atoms with Crippen LogP contribution < -0.4 is 4.90 Å². The zero-order valence-electron chi connectivity index (χ0n) is 12.6. The molecule has 2 heteroatoms. The van der Waals surface area contributed by atoms with Gasteiger partial charge in [-0.15, -0.1) is 0 Å². The Kier molecular flexibility index (Phi) is 4.26. The lowest BCUT2D eigenvalue weighted by Gasteiger charge is -2.27. The molecule has 1 N–H and O–H groups in total. The molecule has 2 aromatic carbocycles. The minimum absolute atomic E-state index is 0.369. The van der Waals surface area contributed by atoms with Gasteiger partial charge in [0.2, 0.25) is 0 Å². The van der Waals surface area contributed by atoms with Gasteiger partial charge in [-0.2, -0.15) is 0 Å². The molecule has 0 bridgehead atoms. The van der Waals surface area contributed by atoms with Crippen molar-refractivity contribution in [2.24, 2.45) is 0 Å². The molecule has 0 saturated carbocycles. The number of anilines is 1. The first kappa shape index (κ1) is 14.2. The largest absolute Gasteiger partial charge is 0.388 e. The van der Waals surface area contributed by atoms with Gasteiger partial charge >= 0.3 is 0 Å². The van der Waals surface area contributed by atoms with Crippen LogP contribution in [0.4, 0.5) is 5.69 Å². The van der Waals surface area contributed by atoms with Crippen LogP contribution >= 0.6 is 0 Å². The summed E-state index contributed by atoms with van der Waals surface area (Å²) in [6.07, 6.45) is 2.54. The summed E-state index contributed by atoms with van der Waals surface area (Å²) in [6, 6.07) is 17.0. The monoisotopic (exact) mass is 281 g/mol. The van der Waals surface area contributed by atoms with Crippen LogP contribution in [0.25, 0.3) is 0 Å².